The van der Waals surface area contributed by atoms with Gasteiger partial charge in [-0.2, -0.15) is 0 Å². The lowest BCUT2D eigenvalue weighted by atomic mass is 9.99. The molecule has 1 aromatic carbocycles. The summed E-state index contributed by atoms with van der Waals surface area (Å²) >= 11 is 1.73. The van der Waals surface area contributed by atoms with Crippen LogP contribution in [-0.2, 0) is 6.42 Å². The third-order valence-electron chi connectivity index (χ3n) is 5.52. The second-order valence-corrected chi connectivity index (χ2v) is 8.98. The van der Waals surface area contributed by atoms with Crippen molar-refractivity contribution in [3.8, 4) is 11.3 Å². The maximum Gasteiger partial charge on any atom is 0.259 e. The molecule has 1 aliphatic rings. The third kappa shape index (κ3) is 2.95. The average molecular weight is 404 g/mol. The van der Waals surface area contributed by atoms with Crippen LogP contribution in [0.4, 0.5) is 5.69 Å². The molecule has 4 aromatic rings. The molecule has 0 unspecified atom stereocenters. The van der Waals surface area contributed by atoms with Crippen LogP contribution in [0.15, 0.2) is 40.9 Å². The fourth-order valence-electron chi connectivity index (χ4n) is 4.18. The summed E-state index contributed by atoms with van der Waals surface area (Å²) in [4.78, 5) is 22.7. The van der Waals surface area contributed by atoms with E-state index in [9.17, 15) is 4.79 Å². The van der Waals surface area contributed by atoms with E-state index in [4.69, 9.17) is 4.52 Å². The van der Waals surface area contributed by atoms with Gasteiger partial charge in [-0.1, -0.05) is 23.4 Å². The number of hydrogen-bond acceptors (Lipinski definition) is 5. The van der Waals surface area contributed by atoms with Gasteiger partial charge in [0, 0.05) is 27.5 Å². The molecule has 0 atom stereocenters. The monoisotopic (exact) mass is 403 g/mol. The van der Waals surface area contributed by atoms with E-state index in [1.165, 1.54) is 15.3 Å². The van der Waals surface area contributed by atoms with Crippen LogP contribution in [0.1, 0.15) is 37.8 Å². The minimum Gasteiger partial charge on any atom is -0.335 e. The summed E-state index contributed by atoms with van der Waals surface area (Å²) in [5.74, 6) is -0.0262. The zero-order chi connectivity index (χ0) is 20.1. The number of aryl methyl sites for hydroxylation is 4. The number of carbonyl (C=O) groups excluding carboxylic acids is 1. The van der Waals surface area contributed by atoms with Crippen LogP contribution in [0.2, 0.25) is 0 Å². The van der Waals surface area contributed by atoms with Crippen LogP contribution in [0.5, 0.6) is 0 Å². The molecule has 0 spiro atoms. The molecule has 0 saturated carbocycles. The lowest BCUT2D eigenvalue weighted by molar-refractivity contribution is 0.0986. The van der Waals surface area contributed by atoms with Crippen molar-refractivity contribution in [2.75, 3.05) is 11.4 Å². The molecule has 3 aromatic heterocycles. The van der Waals surface area contributed by atoms with E-state index in [1.807, 2.05) is 36.1 Å². The van der Waals surface area contributed by atoms with Gasteiger partial charge in [0.05, 0.1) is 22.3 Å². The van der Waals surface area contributed by atoms with Gasteiger partial charge in [0.25, 0.3) is 11.6 Å². The summed E-state index contributed by atoms with van der Waals surface area (Å²) < 4.78 is 5.48. The van der Waals surface area contributed by atoms with Gasteiger partial charge < -0.3 is 9.42 Å². The van der Waals surface area contributed by atoms with Crippen molar-refractivity contribution >= 4 is 34.0 Å². The Labute approximate surface area is 173 Å². The molecular formula is C23H21N3O2S. The van der Waals surface area contributed by atoms with Gasteiger partial charge in [0.2, 0.25) is 0 Å². The van der Waals surface area contributed by atoms with Crippen molar-refractivity contribution in [2.24, 2.45) is 0 Å². The summed E-state index contributed by atoms with van der Waals surface area (Å²) in [6.45, 7) is 6.71. The normalized spacial score (nSPS) is 13.7. The zero-order valence-corrected chi connectivity index (χ0v) is 17.5. The van der Waals surface area contributed by atoms with Crippen molar-refractivity contribution < 1.29 is 9.32 Å². The van der Waals surface area contributed by atoms with Crippen LogP contribution in [0.25, 0.3) is 22.4 Å². The quantitative estimate of drug-likeness (QED) is 0.445. The number of carbonyl (C=O) groups is 1. The summed E-state index contributed by atoms with van der Waals surface area (Å²) in [6, 6.07) is 12.2. The van der Waals surface area contributed by atoms with Crippen LogP contribution < -0.4 is 4.90 Å². The summed E-state index contributed by atoms with van der Waals surface area (Å²) in [5, 5.41) is 4.79. The van der Waals surface area contributed by atoms with Crippen LogP contribution in [-0.4, -0.2) is 22.6 Å². The topological polar surface area (TPSA) is 59.2 Å². The number of rotatable bonds is 2. The number of anilines is 1. The van der Waals surface area contributed by atoms with E-state index in [0.29, 0.717) is 28.9 Å². The molecule has 0 radical (unpaired) electrons. The SMILES string of the molecule is Cc1cc(-c2cc(C(=O)N3CCCc4ccccc43)c3c(C)noc3n2)c(C)s1. The van der Waals surface area contributed by atoms with Gasteiger partial charge in [-0.25, -0.2) is 4.98 Å². The molecule has 0 fully saturated rings. The number of amides is 1. The Morgan fingerprint density at radius 1 is 1.17 bits per heavy atom. The van der Waals surface area contributed by atoms with Crippen molar-refractivity contribution in [1.82, 2.24) is 10.1 Å². The average Bonchev–Trinajstić information content (AvgIpc) is 3.27. The Morgan fingerprint density at radius 3 is 2.79 bits per heavy atom. The second-order valence-electron chi connectivity index (χ2n) is 7.52. The smallest absolute Gasteiger partial charge is 0.259 e. The highest BCUT2D eigenvalue weighted by molar-refractivity contribution is 7.12. The molecule has 0 bridgehead atoms. The van der Waals surface area contributed by atoms with Gasteiger partial charge in [-0.05, 0) is 57.4 Å². The molecular weight excluding hydrogens is 382 g/mol. The van der Waals surface area contributed by atoms with E-state index in [2.05, 4.69) is 36.1 Å². The number of thiophene rings is 1. The van der Waals surface area contributed by atoms with E-state index >= 15 is 0 Å². The number of aromatic nitrogens is 2. The molecule has 5 rings (SSSR count). The summed E-state index contributed by atoms with van der Waals surface area (Å²) in [7, 11) is 0. The Balaban J connectivity index is 1.69. The van der Waals surface area contributed by atoms with Gasteiger partial charge in [-0.3, -0.25) is 4.79 Å². The van der Waals surface area contributed by atoms with Crippen molar-refractivity contribution in [3.63, 3.8) is 0 Å². The van der Waals surface area contributed by atoms with Crippen LogP contribution in [0.3, 0.4) is 0 Å². The number of nitrogens with zero attached hydrogens (tertiary/aromatic N) is 3. The van der Waals surface area contributed by atoms with Crippen LogP contribution >= 0.6 is 11.3 Å². The van der Waals surface area contributed by atoms with E-state index in [0.717, 1.165) is 29.8 Å². The first-order valence-corrected chi connectivity index (χ1v) is 10.6. The highest BCUT2D eigenvalue weighted by atomic mass is 32.1. The van der Waals surface area contributed by atoms with Gasteiger partial charge >= 0.3 is 0 Å². The molecule has 1 amide bonds. The highest BCUT2D eigenvalue weighted by Gasteiger charge is 2.27. The molecule has 1 aliphatic heterocycles. The van der Waals surface area contributed by atoms with Crippen LogP contribution in [0, 0.1) is 20.8 Å². The Bertz CT molecular complexity index is 1250. The fourth-order valence-corrected chi connectivity index (χ4v) is 5.11. The lowest BCUT2D eigenvalue weighted by Gasteiger charge is -2.29. The van der Waals surface area contributed by atoms with Crippen molar-refractivity contribution in [1.29, 1.82) is 0 Å². The van der Waals surface area contributed by atoms with E-state index < -0.39 is 0 Å². The number of fused-ring (bicyclic) bond motifs is 2. The second kappa shape index (κ2) is 6.81. The minimum absolute atomic E-state index is 0.0262. The third-order valence-corrected chi connectivity index (χ3v) is 6.49. The summed E-state index contributed by atoms with van der Waals surface area (Å²) in [6.07, 6.45) is 1.95. The first kappa shape index (κ1) is 18.1. The Morgan fingerprint density at radius 2 is 2.00 bits per heavy atom. The molecule has 0 saturated heterocycles. The Kier molecular flexibility index (Phi) is 4.24. The number of para-hydroxylation sites is 1. The number of pyridine rings is 1. The van der Waals surface area contributed by atoms with Gasteiger partial charge in [0.1, 0.15) is 0 Å². The minimum atomic E-state index is -0.0262. The zero-order valence-electron chi connectivity index (χ0n) is 16.7. The standard InChI is InChI=1S/C23H21N3O2S/c1-13-11-17(15(3)29-13)19-12-18(21-14(2)25-28-22(21)24-19)23(27)26-10-6-8-16-7-4-5-9-20(16)26/h4-5,7,9,11-12H,6,8,10H2,1-3H3. The van der Waals surface area contributed by atoms with E-state index in [1.54, 1.807) is 11.3 Å². The first-order valence-electron chi connectivity index (χ1n) is 9.77. The predicted molar refractivity (Wildman–Crippen MR) is 116 cm³/mol. The molecule has 0 aliphatic carbocycles. The maximum atomic E-state index is 13.7. The Hall–Kier alpha value is -2.99. The molecule has 5 nitrogen and oxygen atoms in total. The van der Waals surface area contributed by atoms with Gasteiger partial charge in [0.15, 0.2) is 0 Å². The van der Waals surface area contributed by atoms with Gasteiger partial charge in [-0.15, -0.1) is 11.3 Å². The molecule has 6 heteroatoms. The lowest BCUT2D eigenvalue weighted by Crippen LogP contribution is -2.35. The van der Waals surface area contributed by atoms with E-state index in [-0.39, 0.29) is 5.91 Å². The molecule has 29 heavy (non-hydrogen) atoms. The highest BCUT2D eigenvalue weighted by Crippen LogP contribution is 2.35. The van der Waals surface area contributed by atoms with Crippen molar-refractivity contribution in [3.05, 3.63) is 63.0 Å². The largest absolute Gasteiger partial charge is 0.335 e. The molecule has 4 heterocycles. The molecule has 0 N–H and O–H groups in total. The molecule has 146 valence electrons. The van der Waals surface area contributed by atoms with Crippen molar-refractivity contribution in [2.45, 2.75) is 33.6 Å². The maximum absolute atomic E-state index is 13.7. The number of benzene rings is 1. The number of hydrogen-bond donors (Lipinski definition) is 0. The predicted octanol–water partition coefficient (Wildman–Crippen LogP) is 5.47. The first-order chi connectivity index (χ1) is 14.0. The fraction of sp³-hybridized carbons (Fsp3) is 0.261. The summed E-state index contributed by atoms with van der Waals surface area (Å²) in [5.41, 5.74) is 5.70.